The van der Waals surface area contributed by atoms with Crippen molar-refractivity contribution in [3.63, 3.8) is 0 Å². The van der Waals surface area contributed by atoms with Crippen LogP contribution in [0.5, 0.6) is 0 Å². The van der Waals surface area contributed by atoms with E-state index in [4.69, 9.17) is 10.3 Å². The third kappa shape index (κ3) is 5.07. The highest BCUT2D eigenvalue weighted by Crippen LogP contribution is 2.69. The van der Waals surface area contributed by atoms with Crippen LogP contribution in [0.4, 0.5) is 0 Å². The smallest absolute Gasteiger partial charge is 0.233 e. The number of rotatable bonds is 7. The summed E-state index contributed by atoms with van der Waals surface area (Å²) in [7, 11) is -1.81. The van der Waals surface area contributed by atoms with E-state index in [2.05, 4.69) is 67.0 Å². The van der Waals surface area contributed by atoms with Gasteiger partial charge in [-0.2, -0.15) is 0 Å². The topological polar surface area (TPSA) is 84.6 Å². The van der Waals surface area contributed by atoms with E-state index in [-0.39, 0.29) is 22.5 Å². The largest absolute Gasteiger partial charge is 0.414 e. The lowest BCUT2D eigenvalue weighted by molar-refractivity contribution is -0.202. The van der Waals surface area contributed by atoms with Crippen LogP contribution in [0.1, 0.15) is 113 Å². The van der Waals surface area contributed by atoms with Crippen LogP contribution in [0.2, 0.25) is 18.1 Å². The minimum atomic E-state index is -1.81. The summed E-state index contributed by atoms with van der Waals surface area (Å²) in [4.78, 5) is 11.8. The molecule has 4 rings (SSSR count). The van der Waals surface area contributed by atoms with Crippen molar-refractivity contribution in [3.05, 3.63) is 0 Å². The van der Waals surface area contributed by atoms with Crippen molar-refractivity contribution in [2.45, 2.75) is 143 Å². The monoisotopic (exact) mass is 548 g/mol. The van der Waals surface area contributed by atoms with Crippen LogP contribution in [0.25, 0.3) is 0 Å². The molecule has 3 unspecified atom stereocenters. The number of carbonyl (C=O) groups is 1. The van der Waals surface area contributed by atoms with Crippen molar-refractivity contribution in [2.24, 2.45) is 58.1 Å². The number of fused-ring (bicyclic) bond motifs is 5. The van der Waals surface area contributed by atoms with Gasteiger partial charge in [-0.3, -0.25) is 10.2 Å². The highest BCUT2D eigenvalue weighted by molar-refractivity contribution is 6.74. The zero-order valence-electron chi connectivity index (χ0n) is 26.1. The zero-order valence-corrected chi connectivity index (χ0v) is 27.1. The molecule has 0 heterocycles. The molecule has 4 aliphatic carbocycles. The van der Waals surface area contributed by atoms with Crippen molar-refractivity contribution in [2.75, 3.05) is 0 Å². The number of nitrogens with two attached hydrogens (primary N) is 1. The van der Waals surface area contributed by atoms with Gasteiger partial charge in [0, 0.05) is 12.5 Å². The molecule has 0 aromatic heterocycles. The number of aliphatic hydroxyl groups is 1. The molecule has 0 bridgehead atoms. The van der Waals surface area contributed by atoms with Gasteiger partial charge in [0.2, 0.25) is 5.91 Å². The number of amides is 1. The van der Waals surface area contributed by atoms with E-state index in [1.165, 1.54) is 38.5 Å². The Bertz CT molecular complexity index is 858. The molecule has 0 aromatic carbocycles. The molecule has 0 saturated heterocycles. The number of aliphatic hydroxyl groups excluding tert-OH is 1. The molecule has 0 radical (unpaired) electrons. The van der Waals surface area contributed by atoms with Gasteiger partial charge in [0.05, 0.1) is 6.10 Å². The van der Waals surface area contributed by atoms with Gasteiger partial charge in [0.1, 0.15) is 0 Å². The van der Waals surface area contributed by atoms with Crippen LogP contribution in [-0.4, -0.2) is 31.5 Å². The maximum atomic E-state index is 12.2. The van der Waals surface area contributed by atoms with Crippen molar-refractivity contribution in [1.82, 2.24) is 5.43 Å². The van der Waals surface area contributed by atoms with Gasteiger partial charge in [-0.15, -0.1) is 0 Å². The van der Waals surface area contributed by atoms with Crippen LogP contribution in [0.3, 0.4) is 0 Å². The molecule has 220 valence electrons. The summed E-state index contributed by atoms with van der Waals surface area (Å²) in [6, 6.07) is 0. The molecule has 4 fully saturated rings. The van der Waals surface area contributed by atoms with Crippen LogP contribution >= 0.6 is 0 Å². The summed E-state index contributed by atoms with van der Waals surface area (Å²) in [5.74, 6) is 9.00. The van der Waals surface area contributed by atoms with Gasteiger partial charge in [-0.25, -0.2) is 5.84 Å². The predicted octanol–water partition coefficient (Wildman–Crippen LogP) is 7.05. The summed E-state index contributed by atoms with van der Waals surface area (Å²) < 4.78 is 7.00. The third-order valence-electron chi connectivity index (χ3n) is 13.4. The summed E-state index contributed by atoms with van der Waals surface area (Å²) in [6.45, 7) is 21.6. The Hall–Kier alpha value is -0.433. The summed E-state index contributed by atoms with van der Waals surface area (Å²) in [5, 5.41) is 12.4. The van der Waals surface area contributed by atoms with E-state index in [1.807, 2.05) is 0 Å². The minimum Gasteiger partial charge on any atom is -0.414 e. The highest BCUT2D eigenvalue weighted by Gasteiger charge is 2.65. The van der Waals surface area contributed by atoms with Gasteiger partial charge in [-0.1, -0.05) is 54.9 Å². The van der Waals surface area contributed by atoms with Crippen molar-refractivity contribution < 1.29 is 14.3 Å². The molecule has 6 heteroatoms. The summed E-state index contributed by atoms with van der Waals surface area (Å²) in [5.41, 5.74) is 2.88. The Kier molecular flexibility index (Phi) is 8.64. The predicted molar refractivity (Wildman–Crippen MR) is 159 cm³/mol. The first kappa shape index (κ1) is 30.5. The molecule has 5 nitrogen and oxygen atoms in total. The van der Waals surface area contributed by atoms with E-state index in [0.29, 0.717) is 59.4 Å². The molecule has 11 atom stereocenters. The standard InChI is InChI=1S/C32H60N2O3Si/c1-10-22-26-19-21(37-38(8,9)30(3,4)5)15-17-32(26,7)25-16-18-31(6)23(20(2)11-14-27(35)34-33)12-13-24(31)28(25)29(22)36/h20-26,28-29,36H,10-19,33H2,1-9H3,(H,34,35)/t20?,21?,22-,23?,24+,25+,26+,28+,29-,31-,32-/m1/s1. The van der Waals surface area contributed by atoms with E-state index in [0.717, 1.165) is 19.3 Å². The first-order chi connectivity index (χ1) is 17.6. The van der Waals surface area contributed by atoms with Crippen LogP contribution in [-0.2, 0) is 9.22 Å². The number of nitrogens with one attached hydrogen (secondary N) is 1. The number of hydrogen-bond donors (Lipinski definition) is 3. The first-order valence-electron chi connectivity index (χ1n) is 16.0. The van der Waals surface area contributed by atoms with E-state index < -0.39 is 8.32 Å². The maximum Gasteiger partial charge on any atom is 0.233 e. The van der Waals surface area contributed by atoms with E-state index >= 15 is 0 Å². The lowest BCUT2D eigenvalue weighted by atomic mass is 9.41. The Morgan fingerprint density at radius 1 is 1.08 bits per heavy atom. The SMILES string of the molecule is CC[C@H]1[C@@H](O)[C@@H]2[C@H](CC[C@]3(C)C(C(C)CCC(=O)NN)CC[C@@H]23)[C@@]2(C)CCC(O[Si](C)(C)C(C)(C)C)C[C@@H]12. The molecule has 0 spiro atoms. The Morgan fingerprint density at radius 3 is 2.32 bits per heavy atom. The van der Waals surface area contributed by atoms with E-state index in [1.54, 1.807) is 0 Å². The number of hydrogen-bond acceptors (Lipinski definition) is 4. The fourth-order valence-corrected chi connectivity index (χ4v) is 11.7. The Labute approximate surface area is 234 Å². The van der Waals surface area contributed by atoms with Crippen LogP contribution in [0.15, 0.2) is 0 Å². The van der Waals surface area contributed by atoms with Gasteiger partial charge in [-0.05, 0) is 122 Å². The second kappa shape index (κ2) is 10.8. The van der Waals surface area contributed by atoms with Gasteiger partial charge in [0.25, 0.3) is 0 Å². The quantitative estimate of drug-likeness (QED) is 0.138. The minimum absolute atomic E-state index is 0.0548. The fraction of sp³-hybridized carbons (Fsp3) is 0.969. The molecular weight excluding hydrogens is 488 g/mol. The normalized spacial score (nSPS) is 44.1. The third-order valence-corrected chi connectivity index (χ3v) is 17.9. The fourth-order valence-electron chi connectivity index (χ4n) is 10.2. The summed E-state index contributed by atoms with van der Waals surface area (Å²) in [6.07, 6.45) is 11.2. The second-order valence-electron chi connectivity index (χ2n) is 16.1. The van der Waals surface area contributed by atoms with Crippen molar-refractivity contribution >= 4 is 14.2 Å². The molecule has 4 aliphatic rings. The number of hydrazine groups is 1. The number of carbonyl (C=O) groups excluding carboxylic acids is 1. The Morgan fingerprint density at radius 2 is 1.71 bits per heavy atom. The molecule has 0 aliphatic heterocycles. The summed E-state index contributed by atoms with van der Waals surface area (Å²) >= 11 is 0. The van der Waals surface area contributed by atoms with Gasteiger partial charge >= 0.3 is 0 Å². The molecular formula is C32H60N2O3Si. The first-order valence-corrected chi connectivity index (χ1v) is 18.9. The lowest BCUT2D eigenvalue weighted by Crippen LogP contribution is -2.62. The lowest BCUT2D eigenvalue weighted by Gasteiger charge is -2.65. The van der Waals surface area contributed by atoms with Crippen LogP contribution < -0.4 is 11.3 Å². The average molecular weight is 549 g/mol. The highest BCUT2D eigenvalue weighted by atomic mass is 28.4. The van der Waals surface area contributed by atoms with Crippen molar-refractivity contribution in [1.29, 1.82) is 0 Å². The van der Waals surface area contributed by atoms with Crippen LogP contribution in [0, 0.1) is 52.3 Å². The molecule has 4 N–H and O–H groups in total. The molecule has 0 aromatic rings. The van der Waals surface area contributed by atoms with E-state index in [9.17, 15) is 9.90 Å². The zero-order chi connectivity index (χ0) is 28.3. The van der Waals surface area contributed by atoms with Gasteiger partial charge < -0.3 is 9.53 Å². The van der Waals surface area contributed by atoms with Crippen molar-refractivity contribution in [3.8, 4) is 0 Å². The average Bonchev–Trinajstić information content (AvgIpc) is 3.19. The molecule has 38 heavy (non-hydrogen) atoms. The Balaban J connectivity index is 1.55. The molecule has 4 saturated carbocycles. The second-order valence-corrected chi connectivity index (χ2v) is 20.8. The molecule has 1 amide bonds. The maximum absolute atomic E-state index is 12.2. The van der Waals surface area contributed by atoms with Gasteiger partial charge in [0.15, 0.2) is 8.32 Å².